The van der Waals surface area contributed by atoms with E-state index in [1.54, 1.807) is 13.0 Å². The van der Waals surface area contributed by atoms with Crippen molar-refractivity contribution in [2.45, 2.75) is 20.8 Å². The minimum absolute atomic E-state index is 0.0345. The molecule has 1 aromatic carbocycles. The van der Waals surface area contributed by atoms with E-state index in [9.17, 15) is 14.9 Å². The summed E-state index contributed by atoms with van der Waals surface area (Å²) < 4.78 is 11.6. The van der Waals surface area contributed by atoms with Crippen molar-refractivity contribution in [2.75, 3.05) is 19.0 Å². The standard InChI is InChI=1S/C19H20N6O5/c1-5-30-18(26)14-10-20-19(24-12(3)8-11(2)23-24)22-17(14)21-15-7-6-13(29-4)9-16(15)25(27)28/h6-10H,5H2,1-4H3,(H,20,21,22). The summed E-state index contributed by atoms with van der Waals surface area (Å²) in [6, 6.07) is 6.15. The Morgan fingerprint density at radius 1 is 1.30 bits per heavy atom. The van der Waals surface area contributed by atoms with Crippen LogP contribution in [0, 0.1) is 24.0 Å². The normalized spacial score (nSPS) is 10.5. The summed E-state index contributed by atoms with van der Waals surface area (Å²) in [5.41, 5.74) is 1.48. The van der Waals surface area contributed by atoms with Crippen LogP contribution in [0.5, 0.6) is 5.75 Å². The predicted octanol–water partition coefficient (Wildman–Crippen LogP) is 3.12. The highest BCUT2D eigenvalue weighted by molar-refractivity contribution is 5.95. The molecule has 0 fully saturated rings. The van der Waals surface area contributed by atoms with Crippen LogP contribution in [0.4, 0.5) is 17.2 Å². The monoisotopic (exact) mass is 412 g/mol. The van der Waals surface area contributed by atoms with Gasteiger partial charge in [0.15, 0.2) is 5.82 Å². The van der Waals surface area contributed by atoms with Crippen LogP contribution in [0.2, 0.25) is 0 Å². The average molecular weight is 412 g/mol. The lowest BCUT2D eigenvalue weighted by molar-refractivity contribution is -0.384. The first-order chi connectivity index (χ1) is 14.3. The molecule has 0 aliphatic rings. The fourth-order valence-electron chi connectivity index (χ4n) is 2.78. The van der Waals surface area contributed by atoms with Gasteiger partial charge >= 0.3 is 5.97 Å². The Labute approximate surface area is 171 Å². The number of aryl methyl sites for hydroxylation is 2. The maximum Gasteiger partial charge on any atom is 0.343 e. The van der Waals surface area contributed by atoms with Gasteiger partial charge in [0.2, 0.25) is 0 Å². The Kier molecular flexibility index (Phi) is 5.90. The van der Waals surface area contributed by atoms with Crippen LogP contribution in [-0.4, -0.2) is 44.4 Å². The lowest BCUT2D eigenvalue weighted by atomic mass is 10.2. The number of methoxy groups -OCH3 is 1. The van der Waals surface area contributed by atoms with Crippen molar-refractivity contribution >= 4 is 23.2 Å². The van der Waals surface area contributed by atoms with Gasteiger partial charge in [-0.3, -0.25) is 10.1 Å². The molecule has 0 saturated carbocycles. The molecule has 0 saturated heterocycles. The number of hydrogen-bond donors (Lipinski definition) is 1. The number of carbonyl (C=O) groups excluding carboxylic acids is 1. The Hall–Kier alpha value is -4.02. The molecule has 0 spiro atoms. The molecule has 3 rings (SSSR count). The number of rotatable bonds is 7. The molecular weight excluding hydrogens is 392 g/mol. The molecule has 156 valence electrons. The van der Waals surface area contributed by atoms with Crippen molar-refractivity contribution in [3.63, 3.8) is 0 Å². The minimum Gasteiger partial charge on any atom is -0.496 e. The molecule has 11 nitrogen and oxygen atoms in total. The second-order valence-electron chi connectivity index (χ2n) is 6.26. The summed E-state index contributed by atoms with van der Waals surface area (Å²) in [6.07, 6.45) is 1.30. The molecular formula is C19H20N6O5. The third kappa shape index (κ3) is 4.19. The van der Waals surface area contributed by atoms with Crippen LogP contribution >= 0.6 is 0 Å². The van der Waals surface area contributed by atoms with E-state index in [0.717, 1.165) is 11.4 Å². The Bertz CT molecular complexity index is 1110. The number of ether oxygens (including phenoxy) is 2. The summed E-state index contributed by atoms with van der Waals surface area (Å²) >= 11 is 0. The summed E-state index contributed by atoms with van der Waals surface area (Å²) in [5, 5.41) is 18.7. The number of anilines is 2. The van der Waals surface area contributed by atoms with Crippen LogP contribution < -0.4 is 10.1 Å². The lowest BCUT2D eigenvalue weighted by Gasteiger charge is -2.13. The van der Waals surface area contributed by atoms with Gasteiger partial charge in [0.05, 0.1) is 30.4 Å². The highest BCUT2D eigenvalue weighted by Gasteiger charge is 2.22. The maximum absolute atomic E-state index is 12.4. The molecule has 0 bridgehead atoms. The summed E-state index contributed by atoms with van der Waals surface area (Å²) in [6.45, 7) is 5.49. The van der Waals surface area contributed by atoms with E-state index in [1.165, 1.54) is 30.1 Å². The number of esters is 1. The first kappa shape index (κ1) is 20.7. The summed E-state index contributed by atoms with van der Waals surface area (Å²) in [4.78, 5) is 31.9. The number of nitrogens with zero attached hydrogens (tertiary/aromatic N) is 5. The van der Waals surface area contributed by atoms with E-state index in [-0.39, 0.29) is 35.3 Å². The second kappa shape index (κ2) is 8.55. The molecule has 0 atom stereocenters. The number of nitro benzene ring substituents is 1. The first-order valence-corrected chi connectivity index (χ1v) is 9.01. The lowest BCUT2D eigenvalue weighted by Crippen LogP contribution is -2.14. The molecule has 1 N–H and O–H groups in total. The van der Waals surface area contributed by atoms with Gasteiger partial charge in [-0.1, -0.05) is 0 Å². The van der Waals surface area contributed by atoms with E-state index in [1.807, 2.05) is 19.9 Å². The fraction of sp³-hybridized carbons (Fsp3) is 0.263. The van der Waals surface area contributed by atoms with Crippen LogP contribution in [-0.2, 0) is 4.74 Å². The van der Waals surface area contributed by atoms with Crippen molar-refractivity contribution in [1.29, 1.82) is 0 Å². The zero-order valence-corrected chi connectivity index (χ0v) is 16.9. The van der Waals surface area contributed by atoms with E-state index in [2.05, 4.69) is 20.4 Å². The molecule has 30 heavy (non-hydrogen) atoms. The highest BCUT2D eigenvalue weighted by Crippen LogP contribution is 2.32. The zero-order chi connectivity index (χ0) is 21.8. The third-order valence-electron chi connectivity index (χ3n) is 4.13. The van der Waals surface area contributed by atoms with Gasteiger partial charge in [-0.2, -0.15) is 10.1 Å². The Balaban J connectivity index is 2.11. The second-order valence-corrected chi connectivity index (χ2v) is 6.26. The van der Waals surface area contributed by atoms with Crippen LogP contribution in [0.1, 0.15) is 28.7 Å². The average Bonchev–Trinajstić information content (AvgIpc) is 3.06. The molecule has 3 aromatic rings. The van der Waals surface area contributed by atoms with E-state index < -0.39 is 10.9 Å². The van der Waals surface area contributed by atoms with Crippen molar-refractivity contribution in [1.82, 2.24) is 19.7 Å². The number of hydrogen-bond acceptors (Lipinski definition) is 9. The number of nitro groups is 1. The highest BCUT2D eigenvalue weighted by atomic mass is 16.6. The van der Waals surface area contributed by atoms with Crippen molar-refractivity contribution in [3.8, 4) is 11.7 Å². The number of aromatic nitrogens is 4. The van der Waals surface area contributed by atoms with Gasteiger partial charge in [-0.05, 0) is 39.0 Å². The number of carbonyl (C=O) groups is 1. The van der Waals surface area contributed by atoms with Gasteiger partial charge in [-0.25, -0.2) is 14.5 Å². The smallest absolute Gasteiger partial charge is 0.343 e. The molecule has 0 radical (unpaired) electrons. The molecule has 2 heterocycles. The number of benzene rings is 1. The van der Waals surface area contributed by atoms with Crippen molar-refractivity contribution in [3.05, 3.63) is 57.5 Å². The third-order valence-corrected chi connectivity index (χ3v) is 4.13. The molecule has 11 heteroatoms. The van der Waals surface area contributed by atoms with Gasteiger partial charge < -0.3 is 14.8 Å². The van der Waals surface area contributed by atoms with Crippen molar-refractivity contribution in [2.24, 2.45) is 0 Å². The van der Waals surface area contributed by atoms with Gasteiger partial charge in [-0.15, -0.1) is 0 Å². The van der Waals surface area contributed by atoms with Gasteiger partial charge in [0.1, 0.15) is 17.0 Å². The van der Waals surface area contributed by atoms with Gasteiger partial charge in [0.25, 0.3) is 11.6 Å². The quantitative estimate of drug-likeness (QED) is 0.353. The van der Waals surface area contributed by atoms with E-state index in [4.69, 9.17) is 9.47 Å². The zero-order valence-electron chi connectivity index (χ0n) is 16.9. The van der Waals surface area contributed by atoms with Crippen molar-refractivity contribution < 1.29 is 19.2 Å². The Morgan fingerprint density at radius 2 is 2.07 bits per heavy atom. The minimum atomic E-state index is -0.656. The maximum atomic E-state index is 12.4. The van der Waals surface area contributed by atoms with E-state index in [0.29, 0.717) is 5.75 Å². The summed E-state index contributed by atoms with van der Waals surface area (Å²) in [7, 11) is 1.41. The Morgan fingerprint density at radius 3 is 2.67 bits per heavy atom. The van der Waals surface area contributed by atoms with Crippen LogP contribution in [0.3, 0.4) is 0 Å². The van der Waals surface area contributed by atoms with Crippen LogP contribution in [0.25, 0.3) is 5.95 Å². The largest absolute Gasteiger partial charge is 0.496 e. The van der Waals surface area contributed by atoms with Crippen LogP contribution in [0.15, 0.2) is 30.5 Å². The predicted molar refractivity (Wildman–Crippen MR) is 108 cm³/mol. The topological polar surface area (TPSA) is 134 Å². The summed E-state index contributed by atoms with van der Waals surface area (Å²) in [5.74, 6) is -0.0773. The molecule has 2 aromatic heterocycles. The van der Waals surface area contributed by atoms with E-state index >= 15 is 0 Å². The molecule has 0 aliphatic carbocycles. The SMILES string of the molecule is CCOC(=O)c1cnc(-n2nc(C)cc2C)nc1Nc1ccc(OC)cc1[N+](=O)[O-]. The molecule has 0 unspecified atom stereocenters. The fourth-order valence-corrected chi connectivity index (χ4v) is 2.78. The molecule has 0 aliphatic heterocycles. The number of nitrogens with one attached hydrogen (secondary N) is 1. The molecule has 0 amide bonds. The van der Waals surface area contributed by atoms with Gasteiger partial charge in [0, 0.05) is 11.9 Å². The first-order valence-electron chi connectivity index (χ1n) is 9.01.